The second kappa shape index (κ2) is 21.1. The van der Waals surface area contributed by atoms with Crippen molar-refractivity contribution in [3.63, 3.8) is 0 Å². The molecule has 1 saturated carbocycles. The van der Waals surface area contributed by atoms with Crippen LogP contribution in [-0.4, -0.2) is 181 Å². The number of carbonyl (C=O) groups excluding carboxylic acids is 3. The number of hydrazine groups is 1. The van der Waals surface area contributed by atoms with E-state index in [0.717, 1.165) is 107 Å². The molecule has 19 heteroatoms. The minimum absolute atomic E-state index is 0.0153. The first kappa shape index (κ1) is 52.9. The number of ether oxygens (including phenoxy) is 5. The maximum atomic E-state index is 15.2. The zero-order valence-electron chi connectivity index (χ0n) is 46.3. The molecule has 77 heavy (non-hydrogen) atoms. The number of likely N-dealkylation sites (tertiary alicyclic amines) is 2. The monoisotopic (exact) mass is 1080 g/mol. The minimum Gasteiger partial charge on any atom is -0.464 e. The summed E-state index contributed by atoms with van der Waals surface area (Å²) in [4.78, 5) is 63.8. The van der Waals surface area contributed by atoms with Crippen molar-refractivity contribution >= 4 is 45.8 Å². The molecule has 12 rings (SSSR count). The number of pyridine rings is 1. The van der Waals surface area contributed by atoms with Crippen LogP contribution >= 0.6 is 11.3 Å². The summed E-state index contributed by atoms with van der Waals surface area (Å²) < 4.78 is 33.6. The molecule has 6 saturated heterocycles. The number of anilines is 1. The van der Waals surface area contributed by atoms with Crippen LogP contribution in [0, 0.1) is 10.8 Å². The van der Waals surface area contributed by atoms with E-state index in [4.69, 9.17) is 33.7 Å². The summed E-state index contributed by atoms with van der Waals surface area (Å²) in [6.45, 7) is 22.3. The number of thiazole rings is 1. The summed E-state index contributed by atoms with van der Waals surface area (Å²) in [5.41, 5.74) is 10.4. The molecule has 2 N–H and O–H groups in total. The third kappa shape index (κ3) is 10.6. The predicted molar refractivity (Wildman–Crippen MR) is 294 cm³/mol. The van der Waals surface area contributed by atoms with Crippen molar-refractivity contribution in [1.29, 1.82) is 0 Å². The number of rotatable bonds is 11. The van der Waals surface area contributed by atoms with Gasteiger partial charge in [-0.2, -0.15) is 0 Å². The van der Waals surface area contributed by atoms with Crippen LogP contribution in [0.4, 0.5) is 10.5 Å². The lowest BCUT2D eigenvalue weighted by Crippen LogP contribution is -2.70. The first-order chi connectivity index (χ1) is 37.0. The van der Waals surface area contributed by atoms with Crippen LogP contribution in [0.15, 0.2) is 35.8 Å². The van der Waals surface area contributed by atoms with E-state index in [0.29, 0.717) is 78.4 Å². The highest BCUT2D eigenvalue weighted by Gasteiger charge is 2.55. The van der Waals surface area contributed by atoms with Gasteiger partial charge in [0.1, 0.15) is 17.1 Å². The van der Waals surface area contributed by atoms with Gasteiger partial charge in [0.25, 0.3) is 5.91 Å². The van der Waals surface area contributed by atoms with E-state index in [-0.39, 0.29) is 47.8 Å². The number of carbonyl (C=O) groups is 3. The number of nitrogens with zero attached hydrogens (tertiary/aromatic N) is 8. The van der Waals surface area contributed by atoms with Gasteiger partial charge in [0.15, 0.2) is 0 Å². The molecule has 7 fully saturated rings. The lowest BCUT2D eigenvalue weighted by molar-refractivity contribution is -0.202. The molecule has 3 amide bonds. The van der Waals surface area contributed by atoms with E-state index in [1.54, 1.807) is 17.0 Å². The van der Waals surface area contributed by atoms with Crippen LogP contribution in [0.1, 0.15) is 115 Å². The van der Waals surface area contributed by atoms with Crippen molar-refractivity contribution in [1.82, 2.24) is 45.0 Å². The maximum Gasteiger partial charge on any atom is 0.324 e. The molecule has 1 aromatic carbocycles. The second-order valence-electron chi connectivity index (χ2n) is 25.0. The highest BCUT2D eigenvalue weighted by atomic mass is 32.1. The van der Waals surface area contributed by atoms with Gasteiger partial charge in [-0.25, -0.2) is 15.2 Å². The van der Waals surface area contributed by atoms with Crippen LogP contribution in [0.25, 0.3) is 33.4 Å². The van der Waals surface area contributed by atoms with Crippen molar-refractivity contribution in [2.45, 2.75) is 147 Å². The lowest BCUT2D eigenvalue weighted by Gasteiger charge is -2.58. The molecular formula is C58H80N10O8S. The number of piperazine rings is 1. The predicted octanol–water partition coefficient (Wildman–Crippen LogP) is 6.96. The molecule has 3 aromatic heterocycles. The van der Waals surface area contributed by atoms with Crippen molar-refractivity contribution < 1.29 is 38.1 Å². The van der Waals surface area contributed by atoms with E-state index in [1.165, 1.54) is 24.2 Å². The number of fused-ring (bicyclic) bond motifs is 6. The SMILES string of the molecule is CO[C@@H](C)c1ncc(N2CCN(C3CC3)CC2)cc1-c1c2c3cc(ccc3n1CCO[C@H]1CCOC(C)(C)C1)-c1csc(n1)[C@@H](N1CC3(COC3)C1)[C@H](NC(=O)N1CC[C@H]1C)C(=O)N1CCC[C@H](N1)C(=O)OCC(C)(C)C2. The summed E-state index contributed by atoms with van der Waals surface area (Å²) in [6, 6.07) is 7.20. The van der Waals surface area contributed by atoms with Gasteiger partial charge in [-0.1, -0.05) is 19.9 Å². The number of methoxy groups -OCH3 is 1. The van der Waals surface area contributed by atoms with Crippen LogP contribution < -0.4 is 15.6 Å². The van der Waals surface area contributed by atoms with Crippen molar-refractivity contribution in [3.8, 4) is 22.5 Å². The Morgan fingerprint density at radius 3 is 2.48 bits per heavy atom. The van der Waals surface area contributed by atoms with Crippen molar-refractivity contribution in [2.24, 2.45) is 10.8 Å². The highest BCUT2D eigenvalue weighted by Crippen LogP contribution is 2.47. The molecule has 4 aromatic rings. The number of aromatic nitrogens is 3. The van der Waals surface area contributed by atoms with E-state index in [2.05, 4.69) is 94.3 Å². The quantitative estimate of drug-likeness (QED) is 0.148. The Bertz CT molecular complexity index is 2850. The van der Waals surface area contributed by atoms with Gasteiger partial charge in [-0.15, -0.1) is 11.3 Å². The molecule has 7 aliphatic heterocycles. The van der Waals surface area contributed by atoms with E-state index in [1.807, 2.05) is 13.1 Å². The number of benzene rings is 1. The Kier molecular flexibility index (Phi) is 14.5. The molecule has 1 spiro atoms. The van der Waals surface area contributed by atoms with Crippen LogP contribution in [0.2, 0.25) is 0 Å². The lowest BCUT2D eigenvalue weighted by atomic mass is 9.76. The standard InChI is InChI=1S/C58H80N10O8S/c1-36-14-17-66(36)55(71)61-49-51(65-31-58(32-65)34-73-35-58)52-60-46(30-77-52)38-10-13-47-42(25-38)44(28-56(3,4)33-75-54(70)45-9-8-16-68(62-45)53(49)69)50(67(47)22-24-74-41-15-23-76-57(5,6)27-41)43-26-40(29-59-48(43)37(2)72-7)64-20-18-63(19-21-64)39-11-12-39/h10,13,25-26,29-30,36-37,39,41,45,49,51,62H,8-9,11-12,14-24,27-28,31-35H2,1-7H3,(H,61,71)/t36-,37+,41+,45+,49+,51+/m1/s1. The van der Waals surface area contributed by atoms with Gasteiger partial charge in [-0.3, -0.25) is 29.4 Å². The topological polar surface area (TPSA) is 168 Å². The Balaban J connectivity index is 1.00. The van der Waals surface area contributed by atoms with Crippen LogP contribution in [-0.2, 0) is 46.2 Å². The van der Waals surface area contributed by atoms with Gasteiger partial charge in [0, 0.05) is 129 Å². The van der Waals surface area contributed by atoms with Crippen LogP contribution in [0.3, 0.4) is 0 Å². The molecule has 0 unspecified atom stereocenters. The summed E-state index contributed by atoms with van der Waals surface area (Å²) in [5, 5.41) is 8.70. The fourth-order valence-electron chi connectivity index (χ4n) is 13.1. The van der Waals surface area contributed by atoms with Gasteiger partial charge in [-0.05, 0) is 96.4 Å². The Labute approximate surface area is 457 Å². The number of amides is 3. The summed E-state index contributed by atoms with van der Waals surface area (Å²) >= 11 is 1.52. The molecular weight excluding hydrogens is 997 g/mol. The van der Waals surface area contributed by atoms with E-state index >= 15 is 4.79 Å². The molecule has 6 bridgehead atoms. The zero-order valence-corrected chi connectivity index (χ0v) is 47.1. The highest BCUT2D eigenvalue weighted by molar-refractivity contribution is 7.10. The molecule has 10 heterocycles. The van der Waals surface area contributed by atoms with Gasteiger partial charge < -0.3 is 43.4 Å². The van der Waals surface area contributed by atoms with Gasteiger partial charge >= 0.3 is 12.0 Å². The molecule has 18 nitrogen and oxygen atoms in total. The average molecular weight is 1080 g/mol. The Morgan fingerprint density at radius 1 is 0.974 bits per heavy atom. The molecule has 1 aliphatic carbocycles. The Morgan fingerprint density at radius 2 is 1.78 bits per heavy atom. The third-order valence-corrected chi connectivity index (χ3v) is 18.8. The number of esters is 1. The summed E-state index contributed by atoms with van der Waals surface area (Å²) in [5.74, 6) is -0.709. The minimum atomic E-state index is -0.997. The Hall–Kier alpha value is -4.73. The fraction of sp³-hybridized carbons (Fsp3) is 0.672. The number of nitrogens with one attached hydrogen (secondary N) is 2. The molecule has 8 aliphatic rings. The average Bonchev–Trinajstić information content (AvgIpc) is 4.12. The summed E-state index contributed by atoms with van der Waals surface area (Å²) in [6.07, 6.45) is 8.61. The first-order valence-electron chi connectivity index (χ1n) is 28.6. The summed E-state index contributed by atoms with van der Waals surface area (Å²) in [7, 11) is 1.75. The van der Waals surface area contributed by atoms with Crippen molar-refractivity contribution in [2.75, 3.05) is 97.4 Å². The largest absolute Gasteiger partial charge is 0.464 e. The number of hydrogen-bond acceptors (Lipinski definition) is 15. The normalized spacial score (nSPS) is 28.1. The van der Waals surface area contributed by atoms with Crippen LogP contribution in [0.5, 0.6) is 0 Å². The molecule has 416 valence electrons. The fourth-order valence-corrected chi connectivity index (χ4v) is 14.1. The zero-order chi connectivity index (χ0) is 53.4. The third-order valence-electron chi connectivity index (χ3n) is 17.9. The molecule has 0 radical (unpaired) electrons. The van der Waals surface area contributed by atoms with Gasteiger partial charge in [0.05, 0.1) is 79.2 Å². The van der Waals surface area contributed by atoms with E-state index in [9.17, 15) is 9.59 Å². The number of hydrogen-bond donors (Lipinski definition) is 2. The second-order valence-corrected chi connectivity index (χ2v) is 25.9. The van der Waals surface area contributed by atoms with Crippen molar-refractivity contribution in [3.05, 3.63) is 52.1 Å². The first-order valence-corrected chi connectivity index (χ1v) is 29.4. The maximum absolute atomic E-state index is 15.2. The molecule has 6 atom stereocenters. The van der Waals surface area contributed by atoms with Gasteiger partial charge in [0.2, 0.25) is 0 Å². The van der Waals surface area contributed by atoms with E-state index < -0.39 is 29.5 Å². The smallest absolute Gasteiger partial charge is 0.324 e. The number of cyclic esters (lactones) is 1. The number of urea groups is 1.